The Labute approximate surface area is 97.4 Å². The summed E-state index contributed by atoms with van der Waals surface area (Å²) in [5, 5.41) is 10.7. The summed E-state index contributed by atoms with van der Waals surface area (Å²) in [5.74, 6) is 0. The van der Waals surface area contributed by atoms with Crippen molar-refractivity contribution in [1.29, 1.82) is 0 Å². The van der Waals surface area contributed by atoms with Crippen molar-refractivity contribution in [3.63, 3.8) is 0 Å². The van der Waals surface area contributed by atoms with E-state index in [1.54, 1.807) is 0 Å². The first kappa shape index (κ1) is 12.9. The van der Waals surface area contributed by atoms with Crippen molar-refractivity contribution in [3.05, 3.63) is 32.8 Å². The van der Waals surface area contributed by atoms with Crippen LogP contribution >= 0.6 is 11.6 Å². The van der Waals surface area contributed by atoms with E-state index in [1.165, 1.54) is 20.0 Å². The number of nitro benzene ring substituents is 1. The van der Waals surface area contributed by atoms with Crippen LogP contribution < -0.4 is 4.72 Å². The number of sulfonamides is 1. The molecule has 8 heteroatoms. The lowest BCUT2D eigenvalue weighted by Crippen LogP contribution is -2.18. The Balaban J connectivity index is 3.53. The largest absolute Gasteiger partial charge is 0.275 e. The summed E-state index contributed by atoms with van der Waals surface area (Å²) in [6.07, 6.45) is 0. The zero-order valence-electron chi connectivity index (χ0n) is 8.52. The molecule has 0 aliphatic carbocycles. The standard InChI is InChI=1S/C8H9ClN2O4S/c1-5-7(9)3-6(16(14,15)10-2)4-8(5)11(12)13/h3-4,10H,1-2H3. The van der Waals surface area contributed by atoms with Crippen LogP contribution in [0.2, 0.25) is 5.02 Å². The Morgan fingerprint density at radius 3 is 2.44 bits per heavy atom. The SMILES string of the molecule is CNS(=O)(=O)c1cc(Cl)c(C)c([N+](=O)[O-])c1. The third-order valence-corrected chi connectivity index (χ3v) is 3.85. The van der Waals surface area contributed by atoms with Crippen molar-refractivity contribution in [2.45, 2.75) is 11.8 Å². The van der Waals surface area contributed by atoms with Crippen LogP contribution in [0.4, 0.5) is 5.69 Å². The third-order valence-electron chi connectivity index (χ3n) is 2.07. The summed E-state index contributed by atoms with van der Waals surface area (Å²) in [7, 11) is -2.52. The maximum absolute atomic E-state index is 11.4. The molecule has 0 unspecified atom stereocenters. The molecule has 0 atom stereocenters. The number of nitro groups is 1. The molecule has 1 aromatic carbocycles. The van der Waals surface area contributed by atoms with Crippen LogP contribution in [-0.4, -0.2) is 20.4 Å². The highest BCUT2D eigenvalue weighted by atomic mass is 35.5. The van der Waals surface area contributed by atoms with Gasteiger partial charge in [-0.1, -0.05) is 11.6 Å². The maximum Gasteiger partial charge on any atom is 0.275 e. The first-order chi connectivity index (χ1) is 7.29. The number of nitrogens with zero attached hydrogens (tertiary/aromatic N) is 1. The van der Waals surface area contributed by atoms with Crippen LogP contribution in [0.15, 0.2) is 17.0 Å². The topological polar surface area (TPSA) is 89.3 Å². The summed E-state index contributed by atoms with van der Waals surface area (Å²) < 4.78 is 25.0. The molecule has 0 heterocycles. The molecule has 1 aromatic rings. The van der Waals surface area contributed by atoms with Gasteiger partial charge in [-0.2, -0.15) is 0 Å². The van der Waals surface area contributed by atoms with Gasteiger partial charge >= 0.3 is 0 Å². The van der Waals surface area contributed by atoms with Gasteiger partial charge in [0.1, 0.15) is 0 Å². The Morgan fingerprint density at radius 1 is 1.44 bits per heavy atom. The molecule has 0 spiro atoms. The van der Waals surface area contributed by atoms with E-state index < -0.39 is 14.9 Å². The van der Waals surface area contributed by atoms with Crippen molar-refractivity contribution >= 4 is 27.3 Å². The van der Waals surface area contributed by atoms with E-state index in [2.05, 4.69) is 4.72 Å². The molecule has 16 heavy (non-hydrogen) atoms. The monoisotopic (exact) mass is 264 g/mol. The molecule has 0 saturated carbocycles. The van der Waals surface area contributed by atoms with Gasteiger partial charge in [0, 0.05) is 11.6 Å². The lowest BCUT2D eigenvalue weighted by molar-refractivity contribution is -0.385. The second-order valence-electron chi connectivity index (χ2n) is 3.01. The minimum absolute atomic E-state index is 0.0445. The number of hydrogen-bond acceptors (Lipinski definition) is 4. The lowest BCUT2D eigenvalue weighted by Gasteiger charge is -2.05. The number of halogens is 1. The predicted molar refractivity (Wildman–Crippen MR) is 59.1 cm³/mol. The average molecular weight is 265 g/mol. The second kappa shape index (κ2) is 4.36. The molecule has 0 aliphatic rings. The van der Waals surface area contributed by atoms with E-state index in [0.717, 1.165) is 6.07 Å². The molecule has 1 N–H and O–H groups in total. The smallest absolute Gasteiger partial charge is 0.258 e. The summed E-state index contributed by atoms with van der Waals surface area (Å²) >= 11 is 5.73. The second-order valence-corrected chi connectivity index (χ2v) is 5.31. The van der Waals surface area contributed by atoms with E-state index in [9.17, 15) is 18.5 Å². The maximum atomic E-state index is 11.4. The molecule has 0 bridgehead atoms. The molecule has 0 aromatic heterocycles. The number of hydrogen-bond donors (Lipinski definition) is 1. The van der Waals surface area contributed by atoms with Crippen molar-refractivity contribution in [2.75, 3.05) is 7.05 Å². The van der Waals surface area contributed by atoms with Gasteiger partial charge in [0.25, 0.3) is 5.69 Å². The van der Waals surface area contributed by atoms with Gasteiger partial charge in [0.15, 0.2) is 0 Å². The van der Waals surface area contributed by atoms with E-state index in [-0.39, 0.29) is 21.2 Å². The molecule has 1 rings (SSSR count). The number of rotatable bonds is 3. The Morgan fingerprint density at radius 2 is 2.00 bits per heavy atom. The molecule has 0 saturated heterocycles. The minimum atomic E-state index is -3.73. The third kappa shape index (κ3) is 2.31. The molecule has 0 fully saturated rings. The van der Waals surface area contributed by atoms with E-state index >= 15 is 0 Å². The Kier molecular flexibility index (Phi) is 3.51. The highest BCUT2D eigenvalue weighted by Crippen LogP contribution is 2.29. The fourth-order valence-corrected chi connectivity index (χ4v) is 2.16. The van der Waals surface area contributed by atoms with Crippen LogP contribution in [-0.2, 0) is 10.0 Å². The van der Waals surface area contributed by atoms with Crippen molar-refractivity contribution in [3.8, 4) is 0 Å². The molecule has 88 valence electrons. The van der Waals surface area contributed by atoms with Gasteiger partial charge in [-0.15, -0.1) is 0 Å². The van der Waals surface area contributed by atoms with Gasteiger partial charge in [0.05, 0.1) is 14.8 Å². The number of benzene rings is 1. The lowest BCUT2D eigenvalue weighted by atomic mass is 10.2. The minimum Gasteiger partial charge on any atom is -0.258 e. The molecule has 0 aliphatic heterocycles. The first-order valence-electron chi connectivity index (χ1n) is 4.17. The Hall–Kier alpha value is -1.18. The van der Waals surface area contributed by atoms with Gasteiger partial charge in [-0.05, 0) is 20.0 Å². The Bertz CT molecular complexity index is 541. The molecule has 0 amide bonds. The first-order valence-corrected chi connectivity index (χ1v) is 6.04. The van der Waals surface area contributed by atoms with Crippen molar-refractivity contribution in [2.24, 2.45) is 0 Å². The quantitative estimate of drug-likeness (QED) is 0.661. The van der Waals surface area contributed by atoms with Crippen LogP contribution in [0.25, 0.3) is 0 Å². The van der Waals surface area contributed by atoms with Gasteiger partial charge < -0.3 is 0 Å². The van der Waals surface area contributed by atoms with Gasteiger partial charge in [-0.25, -0.2) is 13.1 Å². The number of nitrogens with one attached hydrogen (secondary N) is 1. The highest BCUT2D eigenvalue weighted by Gasteiger charge is 2.21. The fraction of sp³-hybridized carbons (Fsp3) is 0.250. The van der Waals surface area contributed by atoms with Crippen LogP contribution in [0.5, 0.6) is 0 Å². The van der Waals surface area contributed by atoms with E-state index in [4.69, 9.17) is 11.6 Å². The van der Waals surface area contributed by atoms with E-state index in [0.29, 0.717) is 0 Å². The molecule has 0 radical (unpaired) electrons. The van der Waals surface area contributed by atoms with Crippen LogP contribution in [0.3, 0.4) is 0 Å². The predicted octanol–water partition coefficient (Wildman–Crippen LogP) is 1.46. The van der Waals surface area contributed by atoms with Gasteiger partial charge in [-0.3, -0.25) is 10.1 Å². The van der Waals surface area contributed by atoms with Gasteiger partial charge in [0.2, 0.25) is 10.0 Å². The average Bonchev–Trinajstić information content (AvgIpc) is 2.21. The highest BCUT2D eigenvalue weighted by molar-refractivity contribution is 7.89. The molecular weight excluding hydrogens is 256 g/mol. The zero-order valence-corrected chi connectivity index (χ0v) is 10.1. The fourth-order valence-electron chi connectivity index (χ4n) is 1.10. The molecular formula is C8H9ClN2O4S. The summed E-state index contributed by atoms with van der Waals surface area (Å²) in [4.78, 5) is 9.78. The van der Waals surface area contributed by atoms with Crippen molar-refractivity contribution in [1.82, 2.24) is 4.72 Å². The van der Waals surface area contributed by atoms with Crippen LogP contribution in [0, 0.1) is 17.0 Å². The summed E-state index contributed by atoms with van der Waals surface area (Å²) in [6, 6.07) is 2.16. The van der Waals surface area contributed by atoms with Crippen molar-refractivity contribution < 1.29 is 13.3 Å². The van der Waals surface area contributed by atoms with E-state index in [1.807, 2.05) is 0 Å². The molecule has 6 nitrogen and oxygen atoms in total. The zero-order chi connectivity index (χ0) is 12.5. The summed E-state index contributed by atoms with van der Waals surface area (Å²) in [6.45, 7) is 1.45. The normalized spacial score (nSPS) is 11.4. The van der Waals surface area contributed by atoms with Crippen LogP contribution in [0.1, 0.15) is 5.56 Å². The summed E-state index contributed by atoms with van der Waals surface area (Å²) in [5.41, 5.74) is -0.0805.